The standard InChI is InChI=1S/C34H76O15Si8/c1-27(2)20-51-38-50(17-15-16-37-19-34(36)18-35)39-52(21-28(3)4)43-54(41-51,23-30(7)8)47-57(26-33(13)14)48-55(42-51,24-31(9)10)44-53(40-50,22-29(5)6)46-56(45-52,49-57)25-32(11)12/h27-36H,15-26H2,1-14H3/t34-,50?,51?,52?,53?,54?,55?,56?,57?/m0/s1. The Morgan fingerprint density at radius 3 is 0.772 bits per heavy atom. The molecule has 6 aliphatic rings. The van der Waals surface area contributed by atoms with Gasteiger partial charge in [-0.25, -0.2) is 0 Å². The number of aliphatic hydroxyl groups is 2. The molecule has 1 atom stereocenters. The Kier molecular flexibility index (Phi) is 16.1. The van der Waals surface area contributed by atoms with Gasteiger partial charge in [0.2, 0.25) is 0 Å². The number of hydrogen-bond donors (Lipinski definition) is 2. The lowest BCUT2D eigenvalue weighted by Crippen LogP contribution is -2.88. The zero-order valence-electron chi connectivity index (χ0n) is 37.3. The molecule has 0 radical (unpaired) electrons. The highest BCUT2D eigenvalue weighted by atomic mass is 28.6. The van der Waals surface area contributed by atoms with Crippen LogP contribution in [0, 0.1) is 41.4 Å². The maximum Gasteiger partial charge on any atom is 0.479 e. The van der Waals surface area contributed by atoms with Gasteiger partial charge in [0.1, 0.15) is 6.10 Å². The second-order valence-corrected chi connectivity index (χ2v) is 44.0. The molecule has 6 aliphatic heterocycles. The van der Waals surface area contributed by atoms with Gasteiger partial charge in [-0.3, -0.25) is 0 Å². The van der Waals surface area contributed by atoms with Gasteiger partial charge >= 0.3 is 70.4 Å². The summed E-state index contributed by atoms with van der Waals surface area (Å²) in [7, 11) is -31.8. The summed E-state index contributed by atoms with van der Waals surface area (Å²) in [5, 5.41) is 19.5. The first-order valence-corrected chi connectivity index (χ1v) is 37.1. The zero-order chi connectivity index (χ0) is 42.3. The highest BCUT2D eigenvalue weighted by Crippen LogP contribution is 2.55. The van der Waals surface area contributed by atoms with Crippen molar-refractivity contribution in [2.24, 2.45) is 41.4 Å². The van der Waals surface area contributed by atoms with Gasteiger partial charge in [0.15, 0.2) is 0 Å². The third-order valence-corrected chi connectivity index (χ3v) is 49.7. The van der Waals surface area contributed by atoms with Crippen LogP contribution in [0.15, 0.2) is 0 Å². The summed E-state index contributed by atoms with van der Waals surface area (Å²) in [5.74, 6) is 0.612. The average molecular weight is 950 g/mol. The number of rotatable bonds is 21. The quantitative estimate of drug-likeness (QED) is 0.0884. The van der Waals surface area contributed by atoms with Crippen molar-refractivity contribution in [1.82, 2.24) is 0 Å². The second-order valence-electron chi connectivity index (χ2n) is 19.9. The van der Waals surface area contributed by atoms with Crippen molar-refractivity contribution in [3.63, 3.8) is 0 Å². The number of aliphatic hydroxyl groups excluding tert-OH is 2. The van der Waals surface area contributed by atoms with Crippen LogP contribution in [0.1, 0.15) is 103 Å². The normalized spacial score (nSPS) is 39.8. The molecule has 0 aromatic heterocycles. The Hall–Kier alpha value is 1.14. The van der Waals surface area contributed by atoms with Crippen molar-refractivity contribution in [1.29, 1.82) is 0 Å². The maximum atomic E-state index is 10.0. The topological polar surface area (TPSA) is 160 Å². The van der Waals surface area contributed by atoms with Crippen molar-refractivity contribution in [3.05, 3.63) is 0 Å². The number of hydrogen-bond acceptors (Lipinski definition) is 15. The molecule has 0 saturated carbocycles. The van der Waals surface area contributed by atoms with E-state index in [0.717, 1.165) is 0 Å². The van der Waals surface area contributed by atoms with Gasteiger partial charge in [-0.15, -0.1) is 0 Å². The van der Waals surface area contributed by atoms with Crippen LogP contribution in [0.4, 0.5) is 0 Å². The molecule has 0 aliphatic carbocycles. The lowest BCUT2D eigenvalue weighted by Gasteiger charge is -2.64. The summed E-state index contributed by atoms with van der Waals surface area (Å²) in [6.07, 6.45) is -0.536. The van der Waals surface area contributed by atoms with E-state index in [0.29, 0.717) is 54.8 Å². The molecule has 6 saturated heterocycles. The summed E-state index contributed by atoms with van der Waals surface area (Å²) >= 11 is 0. The van der Waals surface area contributed by atoms with Gasteiger partial charge in [0, 0.05) is 55.0 Å². The van der Waals surface area contributed by atoms with E-state index in [1.165, 1.54) is 0 Å². The molecule has 0 unspecified atom stereocenters. The van der Waals surface area contributed by atoms with E-state index in [-0.39, 0.29) is 61.2 Å². The summed E-state index contributed by atoms with van der Waals surface area (Å²) < 4.78 is 98.8. The molecule has 6 heterocycles. The van der Waals surface area contributed by atoms with Crippen LogP contribution in [0.3, 0.4) is 0 Å². The van der Waals surface area contributed by atoms with E-state index in [1.807, 2.05) is 0 Å². The minimum atomic E-state index is -4.07. The predicted octanol–water partition coefficient (Wildman–Crippen LogP) is 7.12. The van der Waals surface area contributed by atoms with E-state index in [2.05, 4.69) is 96.9 Å². The lowest BCUT2D eigenvalue weighted by atomic mass is 10.3. The summed E-state index contributed by atoms with van der Waals surface area (Å²) in [6.45, 7) is 29.8. The van der Waals surface area contributed by atoms with Crippen LogP contribution in [-0.2, 0) is 54.1 Å². The first-order valence-electron chi connectivity index (χ1n) is 21.6. The SMILES string of the molecule is CC(C)C[Si]12O[Si]3(CCCOC[C@@H](O)CO)O[Si]4(CC(C)C)O[Si](CC(C)C)(O1)O[Si]1(CC(C)C)O[Si](CC(C)C)(O2)O[Si](CC(C)C)(O3)O[Si](CC(C)C)(O4)O1. The minimum Gasteiger partial charge on any atom is -0.394 e. The second kappa shape index (κ2) is 18.7. The molecule has 0 aromatic rings. The van der Waals surface area contributed by atoms with Crippen molar-refractivity contribution in [2.45, 2.75) is 158 Å². The zero-order valence-corrected chi connectivity index (χ0v) is 45.3. The molecule has 15 nitrogen and oxygen atoms in total. The molecular formula is C34H76O15Si8. The Labute approximate surface area is 352 Å². The molecule has 6 fully saturated rings. The van der Waals surface area contributed by atoms with E-state index in [9.17, 15) is 10.2 Å². The maximum absolute atomic E-state index is 10.0. The van der Waals surface area contributed by atoms with Crippen LogP contribution in [0.5, 0.6) is 0 Å². The summed E-state index contributed by atoms with van der Waals surface area (Å²) in [6, 6.07) is 3.40. The fourth-order valence-electron chi connectivity index (χ4n) is 8.53. The summed E-state index contributed by atoms with van der Waals surface area (Å²) in [5.41, 5.74) is 0. The Bertz CT molecular complexity index is 1180. The highest BCUT2D eigenvalue weighted by Gasteiger charge is 2.83. The van der Waals surface area contributed by atoms with E-state index < -0.39 is 76.5 Å². The molecule has 6 rings (SSSR count). The third-order valence-electron chi connectivity index (χ3n) is 9.63. The van der Waals surface area contributed by atoms with Crippen LogP contribution < -0.4 is 0 Å². The van der Waals surface area contributed by atoms with E-state index in [1.54, 1.807) is 0 Å². The van der Waals surface area contributed by atoms with E-state index in [4.69, 9.17) is 54.1 Å². The van der Waals surface area contributed by atoms with Crippen molar-refractivity contribution in [3.8, 4) is 0 Å². The van der Waals surface area contributed by atoms with Crippen molar-refractivity contribution >= 4 is 70.4 Å². The van der Waals surface area contributed by atoms with Crippen LogP contribution >= 0.6 is 0 Å². The first-order chi connectivity index (χ1) is 26.4. The molecular weight excluding hydrogens is 873 g/mol. The van der Waals surface area contributed by atoms with E-state index >= 15 is 0 Å². The predicted molar refractivity (Wildman–Crippen MR) is 230 cm³/mol. The highest BCUT2D eigenvalue weighted by molar-refractivity contribution is 7.03. The van der Waals surface area contributed by atoms with Gasteiger partial charge in [-0.05, 0) is 47.8 Å². The van der Waals surface area contributed by atoms with Crippen LogP contribution in [0.2, 0.25) is 48.4 Å². The largest absolute Gasteiger partial charge is 0.479 e. The van der Waals surface area contributed by atoms with Crippen LogP contribution in [0.25, 0.3) is 0 Å². The van der Waals surface area contributed by atoms with Gasteiger partial charge < -0.3 is 64.3 Å². The fraction of sp³-hybridized carbons (Fsp3) is 1.00. The third kappa shape index (κ3) is 12.2. The molecule has 0 aromatic carbocycles. The number of ether oxygens (including phenoxy) is 1. The van der Waals surface area contributed by atoms with Gasteiger partial charge in [-0.2, -0.15) is 0 Å². The van der Waals surface area contributed by atoms with Gasteiger partial charge in [0.25, 0.3) is 0 Å². The molecule has 8 bridgehead atoms. The Morgan fingerprint density at radius 2 is 0.579 bits per heavy atom. The van der Waals surface area contributed by atoms with Crippen molar-refractivity contribution < 1.29 is 64.3 Å². The fourth-order valence-corrected chi connectivity index (χ4v) is 60.1. The Morgan fingerprint density at radius 1 is 0.368 bits per heavy atom. The smallest absolute Gasteiger partial charge is 0.394 e. The molecule has 0 spiro atoms. The van der Waals surface area contributed by atoms with Crippen LogP contribution in [-0.4, -0.2) is 107 Å². The Balaban J connectivity index is 1.88. The molecule has 23 heteroatoms. The molecule has 334 valence electrons. The summed E-state index contributed by atoms with van der Waals surface area (Å²) in [4.78, 5) is 0. The monoisotopic (exact) mass is 948 g/mol. The average Bonchev–Trinajstić information content (AvgIpc) is 2.94. The lowest BCUT2D eigenvalue weighted by molar-refractivity contribution is -0.0349. The molecule has 0 amide bonds. The molecule has 2 N–H and O–H groups in total. The first kappa shape index (κ1) is 49.2. The van der Waals surface area contributed by atoms with Crippen molar-refractivity contribution in [2.75, 3.05) is 19.8 Å². The minimum absolute atomic E-state index is 0.00754. The van der Waals surface area contributed by atoms with Gasteiger partial charge in [-0.1, -0.05) is 96.9 Å². The van der Waals surface area contributed by atoms with Gasteiger partial charge in [0.05, 0.1) is 13.2 Å². The molecule has 57 heavy (non-hydrogen) atoms.